The summed E-state index contributed by atoms with van der Waals surface area (Å²) in [6.45, 7) is 8.91. The van der Waals surface area contributed by atoms with Crippen LogP contribution in [0.2, 0.25) is 0 Å². The van der Waals surface area contributed by atoms with Crippen molar-refractivity contribution in [3.8, 4) is 0 Å². The highest BCUT2D eigenvalue weighted by atomic mass is 28.3. The largest absolute Gasteiger partial charge is 0.403 e. The number of hydrogen-bond donors (Lipinski definition) is 0. The van der Waals surface area contributed by atoms with Gasteiger partial charge in [0.25, 0.3) is 0 Å². The van der Waals surface area contributed by atoms with Gasteiger partial charge in [-0.3, -0.25) is 0 Å². The Labute approximate surface area is 64.7 Å². The minimum Gasteiger partial charge on any atom is -0.403 e. The Morgan fingerprint density at radius 3 is 2.20 bits per heavy atom. The molecule has 0 N–H and O–H groups in total. The van der Waals surface area contributed by atoms with Crippen LogP contribution in [0, 0.1) is 6.04 Å². The zero-order valence-corrected chi connectivity index (χ0v) is 7.59. The second-order valence-electron chi connectivity index (χ2n) is 1.59. The van der Waals surface area contributed by atoms with Crippen LogP contribution in [0.15, 0.2) is 12.7 Å². The van der Waals surface area contributed by atoms with Gasteiger partial charge in [-0.15, -0.1) is 0 Å². The molecule has 3 heteroatoms. The van der Waals surface area contributed by atoms with Crippen molar-refractivity contribution in [3.05, 3.63) is 18.7 Å². The first-order valence-electron chi connectivity index (χ1n) is 3.43. The monoisotopic (exact) mass is 158 g/mol. The predicted molar refractivity (Wildman–Crippen MR) is 43.5 cm³/mol. The molecule has 0 aromatic rings. The van der Waals surface area contributed by atoms with Gasteiger partial charge in [0, 0.05) is 13.2 Å². The van der Waals surface area contributed by atoms with Crippen molar-refractivity contribution in [2.45, 2.75) is 13.8 Å². The third-order valence-electron chi connectivity index (χ3n) is 0.827. The minimum atomic E-state index is -1.14. The molecule has 0 aliphatic rings. The molecule has 0 spiro atoms. The lowest BCUT2D eigenvalue weighted by molar-refractivity contribution is 0.221. The predicted octanol–water partition coefficient (Wildman–Crippen LogP) is 1.48. The van der Waals surface area contributed by atoms with Gasteiger partial charge in [-0.1, -0.05) is 0 Å². The molecule has 0 rings (SSSR count). The lowest BCUT2D eigenvalue weighted by Gasteiger charge is -2.15. The first-order valence-corrected chi connectivity index (χ1v) is 4.82. The first kappa shape index (κ1) is 9.75. The average Bonchev–Trinajstić information content (AvgIpc) is 1.90. The Morgan fingerprint density at radius 1 is 1.40 bits per heavy atom. The van der Waals surface area contributed by atoms with Gasteiger partial charge in [0.15, 0.2) is 0 Å². The Bertz CT molecular complexity index is 79.7. The zero-order chi connectivity index (χ0) is 7.82. The fraction of sp³-hybridized carbons (Fsp3) is 0.571. The molecule has 0 unspecified atom stereocenters. The van der Waals surface area contributed by atoms with Crippen molar-refractivity contribution in [2.75, 3.05) is 13.2 Å². The topological polar surface area (TPSA) is 18.5 Å². The van der Waals surface area contributed by atoms with Gasteiger partial charge >= 0.3 is 9.28 Å². The fourth-order valence-corrected chi connectivity index (χ4v) is 1.56. The standard InChI is InChI=1S/C7H14O2Si/c1-4-7-10(8-5-2)9-6-3/h4,7H,1,5-6H2,2-3H3/q-1. The summed E-state index contributed by atoms with van der Waals surface area (Å²) in [4.78, 5) is 0. The second-order valence-corrected chi connectivity index (χ2v) is 3.14. The molecule has 0 bridgehead atoms. The molecule has 0 amide bonds. The summed E-state index contributed by atoms with van der Waals surface area (Å²) in [6.07, 6.45) is 1.72. The Balaban J connectivity index is 3.38. The van der Waals surface area contributed by atoms with Gasteiger partial charge in [-0.05, 0) is 13.8 Å². The lowest BCUT2D eigenvalue weighted by atomic mass is 10.8. The van der Waals surface area contributed by atoms with Crippen LogP contribution < -0.4 is 0 Å². The molecular formula is C7H14O2Si-. The molecule has 0 atom stereocenters. The van der Waals surface area contributed by atoms with E-state index in [1.54, 1.807) is 6.08 Å². The van der Waals surface area contributed by atoms with Crippen molar-refractivity contribution >= 4 is 9.28 Å². The van der Waals surface area contributed by atoms with E-state index in [9.17, 15) is 0 Å². The molecule has 59 valence electrons. The molecule has 1 radical (unpaired) electrons. The van der Waals surface area contributed by atoms with Gasteiger partial charge in [-0.2, -0.15) is 6.04 Å². The molecule has 0 aromatic carbocycles. The van der Waals surface area contributed by atoms with Crippen molar-refractivity contribution in [2.24, 2.45) is 0 Å². The summed E-state index contributed by atoms with van der Waals surface area (Å²) in [7, 11) is -1.14. The highest BCUT2D eigenvalue weighted by molar-refractivity contribution is 6.49. The molecule has 0 aliphatic carbocycles. The Kier molecular flexibility index (Phi) is 6.69. The van der Waals surface area contributed by atoms with Crippen molar-refractivity contribution in [1.29, 1.82) is 0 Å². The van der Waals surface area contributed by atoms with Crippen LogP contribution in [0.4, 0.5) is 0 Å². The quantitative estimate of drug-likeness (QED) is 0.430. The van der Waals surface area contributed by atoms with E-state index in [1.807, 2.05) is 19.9 Å². The van der Waals surface area contributed by atoms with E-state index in [4.69, 9.17) is 8.85 Å². The van der Waals surface area contributed by atoms with E-state index in [-0.39, 0.29) is 0 Å². The Morgan fingerprint density at radius 2 is 1.90 bits per heavy atom. The van der Waals surface area contributed by atoms with E-state index in [0.717, 1.165) is 0 Å². The van der Waals surface area contributed by atoms with E-state index >= 15 is 0 Å². The van der Waals surface area contributed by atoms with Crippen LogP contribution in [0.3, 0.4) is 0 Å². The van der Waals surface area contributed by atoms with Crippen molar-refractivity contribution in [1.82, 2.24) is 0 Å². The van der Waals surface area contributed by atoms with Crippen LogP contribution in [-0.4, -0.2) is 22.5 Å². The molecule has 0 aliphatic heterocycles. The van der Waals surface area contributed by atoms with Crippen LogP contribution in [0.25, 0.3) is 0 Å². The third-order valence-corrected chi connectivity index (χ3v) is 2.48. The normalized spacial score (nSPS) is 9.90. The van der Waals surface area contributed by atoms with Crippen LogP contribution in [0.1, 0.15) is 13.8 Å². The van der Waals surface area contributed by atoms with Gasteiger partial charge < -0.3 is 8.85 Å². The summed E-state index contributed by atoms with van der Waals surface area (Å²) >= 11 is 0. The first-order chi connectivity index (χ1) is 4.85. The SMILES string of the molecule is C=C[CH-][Si](OCC)OCC. The van der Waals surface area contributed by atoms with Crippen LogP contribution >= 0.6 is 0 Å². The molecule has 0 saturated heterocycles. The van der Waals surface area contributed by atoms with Gasteiger partial charge in [0.05, 0.1) is 0 Å². The molecular weight excluding hydrogens is 144 g/mol. The molecule has 0 heterocycles. The minimum absolute atomic E-state index is 0.707. The molecule has 0 fully saturated rings. The maximum Gasteiger partial charge on any atom is 0.307 e. The molecule has 10 heavy (non-hydrogen) atoms. The summed E-state index contributed by atoms with van der Waals surface area (Å²) in [5.74, 6) is 0. The number of rotatable bonds is 6. The second kappa shape index (κ2) is 6.86. The van der Waals surface area contributed by atoms with E-state index in [2.05, 4.69) is 6.58 Å². The molecule has 0 saturated carbocycles. The zero-order valence-electron chi connectivity index (χ0n) is 6.59. The summed E-state index contributed by atoms with van der Waals surface area (Å²) < 4.78 is 10.6. The van der Waals surface area contributed by atoms with Crippen LogP contribution in [0.5, 0.6) is 0 Å². The maximum atomic E-state index is 5.28. The van der Waals surface area contributed by atoms with Crippen LogP contribution in [-0.2, 0) is 8.85 Å². The van der Waals surface area contributed by atoms with Gasteiger partial charge in [0.2, 0.25) is 0 Å². The highest BCUT2D eigenvalue weighted by Crippen LogP contribution is 1.94. The number of allylic oxidation sites excluding steroid dienone is 1. The van der Waals surface area contributed by atoms with E-state index in [0.29, 0.717) is 13.2 Å². The smallest absolute Gasteiger partial charge is 0.307 e. The summed E-state index contributed by atoms with van der Waals surface area (Å²) in [5, 5.41) is 0. The fourth-order valence-electron chi connectivity index (χ4n) is 0.519. The van der Waals surface area contributed by atoms with Gasteiger partial charge in [0.1, 0.15) is 0 Å². The summed E-state index contributed by atoms with van der Waals surface area (Å²) in [5.41, 5.74) is 0. The third kappa shape index (κ3) is 4.61. The molecule has 0 aromatic heterocycles. The van der Waals surface area contributed by atoms with E-state index < -0.39 is 9.28 Å². The highest BCUT2D eigenvalue weighted by Gasteiger charge is 2.03. The summed E-state index contributed by atoms with van der Waals surface area (Å²) in [6, 6.07) is 1.89. The van der Waals surface area contributed by atoms with Crippen molar-refractivity contribution in [3.63, 3.8) is 0 Å². The van der Waals surface area contributed by atoms with Gasteiger partial charge in [-0.25, -0.2) is 12.7 Å². The van der Waals surface area contributed by atoms with E-state index in [1.165, 1.54) is 0 Å². The van der Waals surface area contributed by atoms with Crippen molar-refractivity contribution < 1.29 is 8.85 Å². The number of hydrogen-bond acceptors (Lipinski definition) is 2. The Hall–Kier alpha value is -0.253. The maximum absolute atomic E-state index is 5.28. The lowest BCUT2D eigenvalue weighted by Crippen LogP contribution is -2.23. The average molecular weight is 158 g/mol. The molecule has 2 nitrogen and oxygen atoms in total.